The number of anilines is 1. The van der Waals surface area contributed by atoms with Crippen LogP contribution in [0.2, 0.25) is 0 Å². The van der Waals surface area contributed by atoms with Crippen molar-refractivity contribution in [3.63, 3.8) is 0 Å². The molecule has 1 N–H and O–H groups in total. The molecule has 1 saturated heterocycles. The highest BCUT2D eigenvalue weighted by Crippen LogP contribution is 2.21. The van der Waals surface area contributed by atoms with Crippen LogP contribution in [0.4, 0.5) is 5.82 Å². The largest absolute Gasteiger partial charge is 0.367 e. The van der Waals surface area contributed by atoms with E-state index in [1.807, 2.05) is 25.1 Å². The highest BCUT2D eigenvalue weighted by molar-refractivity contribution is 5.58. The van der Waals surface area contributed by atoms with Crippen LogP contribution in [0.5, 0.6) is 0 Å². The van der Waals surface area contributed by atoms with Crippen LogP contribution < -0.4 is 5.32 Å². The summed E-state index contributed by atoms with van der Waals surface area (Å²) < 4.78 is 5.20. The van der Waals surface area contributed by atoms with E-state index in [0.717, 1.165) is 43.9 Å². The van der Waals surface area contributed by atoms with E-state index in [1.165, 1.54) is 0 Å². The van der Waals surface area contributed by atoms with E-state index >= 15 is 0 Å². The number of pyridine rings is 1. The van der Waals surface area contributed by atoms with Gasteiger partial charge in [-0.15, -0.1) is 6.58 Å². The van der Waals surface area contributed by atoms with Crippen LogP contribution in [0.25, 0.3) is 11.5 Å². The van der Waals surface area contributed by atoms with Gasteiger partial charge in [-0.3, -0.25) is 4.90 Å². The molecule has 0 amide bonds. The number of rotatable bonds is 5. The predicted octanol–water partition coefficient (Wildman–Crippen LogP) is 2.50. The van der Waals surface area contributed by atoms with Gasteiger partial charge in [-0.1, -0.05) is 11.2 Å². The zero-order valence-corrected chi connectivity index (χ0v) is 12.8. The predicted molar refractivity (Wildman–Crippen MR) is 85.5 cm³/mol. The molecule has 3 rings (SSSR count). The first-order valence-electron chi connectivity index (χ1n) is 7.61. The average Bonchev–Trinajstić information content (AvgIpc) is 2.97. The monoisotopic (exact) mass is 299 g/mol. The van der Waals surface area contributed by atoms with Crippen molar-refractivity contribution in [1.29, 1.82) is 0 Å². The van der Waals surface area contributed by atoms with Crippen LogP contribution in [0.3, 0.4) is 0 Å². The molecule has 116 valence electrons. The Morgan fingerprint density at radius 1 is 1.45 bits per heavy atom. The molecule has 1 fully saturated rings. The zero-order chi connectivity index (χ0) is 15.4. The Bertz CT molecular complexity index is 631. The summed E-state index contributed by atoms with van der Waals surface area (Å²) in [4.78, 5) is 11.1. The third kappa shape index (κ3) is 3.51. The highest BCUT2D eigenvalue weighted by Gasteiger charge is 2.18. The van der Waals surface area contributed by atoms with E-state index in [4.69, 9.17) is 4.52 Å². The maximum Gasteiger partial charge on any atom is 0.258 e. The lowest BCUT2D eigenvalue weighted by Crippen LogP contribution is -2.39. The third-order valence-electron chi connectivity index (χ3n) is 3.86. The van der Waals surface area contributed by atoms with E-state index < -0.39 is 0 Å². The smallest absolute Gasteiger partial charge is 0.258 e. The lowest BCUT2D eigenvalue weighted by atomic mass is 10.0. The molecule has 0 aliphatic carbocycles. The molecule has 22 heavy (non-hydrogen) atoms. The summed E-state index contributed by atoms with van der Waals surface area (Å²) in [5.74, 6) is 2.02. The topological polar surface area (TPSA) is 67.1 Å². The fraction of sp³-hybridized carbons (Fsp3) is 0.438. The van der Waals surface area contributed by atoms with Crippen molar-refractivity contribution in [2.24, 2.45) is 0 Å². The van der Waals surface area contributed by atoms with Crippen LogP contribution in [-0.4, -0.2) is 45.7 Å². The van der Waals surface area contributed by atoms with Gasteiger partial charge in [-0.25, -0.2) is 4.98 Å². The van der Waals surface area contributed by atoms with Crippen molar-refractivity contribution in [1.82, 2.24) is 20.0 Å². The number of aryl methyl sites for hydroxylation is 1. The molecular formula is C16H21N5O. The summed E-state index contributed by atoms with van der Waals surface area (Å²) in [6.07, 6.45) is 5.95. The van der Waals surface area contributed by atoms with Crippen molar-refractivity contribution < 1.29 is 4.52 Å². The second-order valence-corrected chi connectivity index (χ2v) is 5.58. The Hall–Kier alpha value is -2.21. The Balaban J connectivity index is 1.63. The number of likely N-dealkylation sites (tertiary alicyclic amines) is 1. The summed E-state index contributed by atoms with van der Waals surface area (Å²) in [6, 6.07) is 4.29. The number of aromatic nitrogens is 3. The fourth-order valence-corrected chi connectivity index (χ4v) is 2.71. The van der Waals surface area contributed by atoms with Gasteiger partial charge in [-0.2, -0.15) is 4.98 Å². The lowest BCUT2D eigenvalue weighted by Gasteiger charge is -2.31. The maximum atomic E-state index is 5.20. The molecule has 0 saturated carbocycles. The Labute approximate surface area is 130 Å². The van der Waals surface area contributed by atoms with Crippen LogP contribution in [-0.2, 0) is 0 Å². The van der Waals surface area contributed by atoms with Crippen molar-refractivity contribution in [3.05, 3.63) is 36.8 Å². The van der Waals surface area contributed by atoms with Crippen molar-refractivity contribution >= 4 is 5.82 Å². The number of piperidine rings is 1. The van der Waals surface area contributed by atoms with E-state index in [1.54, 1.807) is 6.20 Å². The minimum atomic E-state index is 0.452. The Kier molecular flexibility index (Phi) is 4.48. The molecule has 0 spiro atoms. The van der Waals surface area contributed by atoms with Crippen molar-refractivity contribution in [2.45, 2.75) is 25.8 Å². The molecular weight excluding hydrogens is 278 g/mol. The summed E-state index contributed by atoms with van der Waals surface area (Å²) >= 11 is 0. The van der Waals surface area contributed by atoms with Crippen molar-refractivity contribution in [2.75, 3.05) is 25.0 Å². The molecule has 6 nitrogen and oxygen atoms in total. The van der Waals surface area contributed by atoms with E-state index in [2.05, 4.69) is 31.9 Å². The van der Waals surface area contributed by atoms with Crippen LogP contribution in [0.1, 0.15) is 18.7 Å². The van der Waals surface area contributed by atoms with Crippen LogP contribution in [0.15, 0.2) is 35.5 Å². The summed E-state index contributed by atoms with van der Waals surface area (Å²) in [7, 11) is 0. The van der Waals surface area contributed by atoms with Crippen LogP contribution >= 0.6 is 0 Å². The maximum absolute atomic E-state index is 5.20. The molecule has 3 heterocycles. The van der Waals surface area contributed by atoms with E-state index in [0.29, 0.717) is 17.8 Å². The average molecular weight is 299 g/mol. The minimum absolute atomic E-state index is 0.452. The molecule has 6 heteroatoms. The van der Waals surface area contributed by atoms with Gasteiger partial charge in [0.05, 0.1) is 0 Å². The molecule has 0 unspecified atom stereocenters. The highest BCUT2D eigenvalue weighted by atomic mass is 16.5. The fourth-order valence-electron chi connectivity index (χ4n) is 2.71. The minimum Gasteiger partial charge on any atom is -0.367 e. The van der Waals surface area contributed by atoms with Gasteiger partial charge >= 0.3 is 0 Å². The molecule has 0 radical (unpaired) electrons. The van der Waals surface area contributed by atoms with Gasteiger partial charge in [0.25, 0.3) is 5.89 Å². The number of nitrogens with one attached hydrogen (secondary N) is 1. The van der Waals surface area contributed by atoms with Gasteiger partial charge in [0.1, 0.15) is 5.82 Å². The molecule has 2 aromatic heterocycles. The van der Waals surface area contributed by atoms with Crippen molar-refractivity contribution in [3.8, 4) is 11.5 Å². The number of nitrogens with zero attached hydrogens (tertiary/aromatic N) is 4. The molecule has 2 aromatic rings. The number of hydrogen-bond acceptors (Lipinski definition) is 6. The first kappa shape index (κ1) is 14.7. The second kappa shape index (κ2) is 6.70. The quantitative estimate of drug-likeness (QED) is 0.856. The first-order chi connectivity index (χ1) is 10.7. The summed E-state index contributed by atoms with van der Waals surface area (Å²) in [6.45, 7) is 8.75. The van der Waals surface area contributed by atoms with E-state index in [-0.39, 0.29) is 0 Å². The molecule has 0 atom stereocenters. The SMILES string of the molecule is C=CCN1CCC(Nc2cc(-c3nc(C)no3)ccn2)CC1. The van der Waals surface area contributed by atoms with E-state index in [9.17, 15) is 0 Å². The second-order valence-electron chi connectivity index (χ2n) is 5.58. The van der Waals surface area contributed by atoms with Gasteiger partial charge in [0.15, 0.2) is 5.82 Å². The van der Waals surface area contributed by atoms with Gasteiger partial charge in [0.2, 0.25) is 0 Å². The van der Waals surface area contributed by atoms with Gasteiger partial charge in [-0.05, 0) is 31.9 Å². The Morgan fingerprint density at radius 3 is 2.95 bits per heavy atom. The standard InChI is InChI=1S/C16H21N5O/c1-3-8-21-9-5-14(6-10-21)19-15-11-13(4-7-17-15)16-18-12(2)20-22-16/h3-4,7,11,14H,1,5-6,8-10H2,2H3,(H,17,19). The molecule has 1 aliphatic rings. The number of hydrogen-bond donors (Lipinski definition) is 1. The lowest BCUT2D eigenvalue weighted by molar-refractivity contribution is 0.240. The van der Waals surface area contributed by atoms with Crippen LogP contribution in [0, 0.1) is 6.92 Å². The summed E-state index contributed by atoms with van der Waals surface area (Å²) in [5, 5.41) is 7.33. The van der Waals surface area contributed by atoms with Gasteiger partial charge in [0, 0.05) is 37.4 Å². The normalized spacial score (nSPS) is 16.6. The zero-order valence-electron chi connectivity index (χ0n) is 12.8. The molecule has 1 aliphatic heterocycles. The van der Waals surface area contributed by atoms with Gasteiger partial charge < -0.3 is 9.84 Å². The Morgan fingerprint density at radius 2 is 2.27 bits per heavy atom. The first-order valence-corrected chi connectivity index (χ1v) is 7.61. The third-order valence-corrected chi connectivity index (χ3v) is 3.86. The molecule has 0 bridgehead atoms. The molecule has 0 aromatic carbocycles. The summed E-state index contributed by atoms with van der Waals surface area (Å²) in [5.41, 5.74) is 0.891.